The number of benzene rings is 3. The number of fused-ring (bicyclic) bond motifs is 1. The van der Waals surface area contributed by atoms with E-state index in [1.165, 1.54) is 0 Å². The SMILES string of the molecule is N#CC1(Cc2ccccc2)C(c2ccc(Br)cc2)Nc2ccccc2S1(=O)=O. The molecular formula is C22H17BrN2O2S. The normalized spacial score (nSPS) is 22.5. The molecule has 4 rings (SSSR count). The van der Waals surface area contributed by atoms with Crippen LogP contribution >= 0.6 is 15.9 Å². The van der Waals surface area contributed by atoms with Gasteiger partial charge in [-0.2, -0.15) is 5.26 Å². The highest BCUT2D eigenvalue weighted by Gasteiger charge is 2.56. The number of hydrogen-bond acceptors (Lipinski definition) is 4. The molecule has 0 aliphatic carbocycles. The van der Waals surface area contributed by atoms with E-state index in [9.17, 15) is 13.7 Å². The summed E-state index contributed by atoms with van der Waals surface area (Å²) in [6, 6.07) is 25.0. The van der Waals surface area contributed by atoms with Gasteiger partial charge < -0.3 is 5.32 Å². The summed E-state index contributed by atoms with van der Waals surface area (Å²) < 4.78 is 26.7. The van der Waals surface area contributed by atoms with Gasteiger partial charge in [-0.15, -0.1) is 0 Å². The quantitative estimate of drug-likeness (QED) is 0.613. The third-order valence-electron chi connectivity index (χ3n) is 5.12. The van der Waals surface area contributed by atoms with Crippen molar-refractivity contribution in [2.45, 2.75) is 22.1 Å². The second kappa shape index (κ2) is 7.08. The fourth-order valence-electron chi connectivity index (χ4n) is 3.71. The van der Waals surface area contributed by atoms with Crippen LogP contribution in [0.1, 0.15) is 17.2 Å². The standard InChI is InChI=1S/C22H17BrN2O2S/c23-18-12-10-17(11-13-18)21-22(15-24,14-16-6-2-1-3-7-16)28(26,27)20-9-5-4-8-19(20)25-21/h1-13,21,25H,14H2. The van der Waals surface area contributed by atoms with E-state index in [1.54, 1.807) is 24.3 Å². The Morgan fingerprint density at radius 2 is 1.61 bits per heavy atom. The lowest BCUT2D eigenvalue weighted by molar-refractivity contribution is 0.509. The molecule has 0 amide bonds. The summed E-state index contributed by atoms with van der Waals surface area (Å²) in [5.74, 6) is 0. The van der Waals surface area contributed by atoms with Gasteiger partial charge >= 0.3 is 0 Å². The maximum Gasteiger partial charge on any atom is 0.202 e. The maximum absolute atomic E-state index is 13.7. The van der Waals surface area contributed by atoms with Gasteiger partial charge in [-0.1, -0.05) is 70.5 Å². The lowest BCUT2D eigenvalue weighted by Gasteiger charge is -2.40. The molecule has 0 saturated heterocycles. The molecule has 0 fully saturated rings. The van der Waals surface area contributed by atoms with Crippen LogP contribution in [0.25, 0.3) is 0 Å². The summed E-state index contributed by atoms with van der Waals surface area (Å²) in [7, 11) is -3.94. The highest BCUT2D eigenvalue weighted by Crippen LogP contribution is 2.47. The van der Waals surface area contributed by atoms with Crippen molar-refractivity contribution < 1.29 is 8.42 Å². The molecule has 1 heterocycles. The van der Waals surface area contributed by atoms with Crippen LogP contribution in [0.15, 0.2) is 88.2 Å². The molecule has 1 aliphatic rings. The van der Waals surface area contributed by atoms with Crippen molar-refractivity contribution in [1.82, 2.24) is 0 Å². The lowest BCUT2D eigenvalue weighted by atomic mass is 9.87. The highest BCUT2D eigenvalue weighted by atomic mass is 79.9. The Morgan fingerprint density at radius 1 is 0.964 bits per heavy atom. The number of anilines is 1. The Labute approximate surface area is 172 Å². The van der Waals surface area contributed by atoms with Crippen molar-refractivity contribution in [2.75, 3.05) is 5.32 Å². The van der Waals surface area contributed by atoms with Gasteiger partial charge in [-0.3, -0.25) is 0 Å². The first kappa shape index (κ1) is 18.7. The van der Waals surface area contributed by atoms with E-state index in [0.29, 0.717) is 5.69 Å². The fraction of sp³-hybridized carbons (Fsp3) is 0.136. The molecule has 0 saturated carbocycles. The number of halogens is 1. The summed E-state index contributed by atoms with van der Waals surface area (Å²) in [4.78, 5) is 0.167. The monoisotopic (exact) mass is 452 g/mol. The smallest absolute Gasteiger partial charge is 0.202 e. The molecule has 0 spiro atoms. The van der Waals surface area contributed by atoms with Gasteiger partial charge in [0.25, 0.3) is 0 Å². The Hall–Kier alpha value is -2.62. The van der Waals surface area contributed by atoms with Gasteiger partial charge in [0.2, 0.25) is 9.84 Å². The zero-order valence-electron chi connectivity index (χ0n) is 14.8. The van der Waals surface area contributed by atoms with E-state index in [0.717, 1.165) is 15.6 Å². The third kappa shape index (κ3) is 2.92. The van der Waals surface area contributed by atoms with E-state index in [1.807, 2.05) is 54.6 Å². The minimum Gasteiger partial charge on any atom is -0.374 e. The lowest BCUT2D eigenvalue weighted by Crippen LogP contribution is -2.51. The number of nitriles is 1. The average Bonchev–Trinajstić information content (AvgIpc) is 2.71. The highest BCUT2D eigenvalue weighted by molar-refractivity contribution is 9.10. The van der Waals surface area contributed by atoms with Crippen LogP contribution < -0.4 is 5.32 Å². The molecule has 0 aromatic heterocycles. The molecule has 1 N–H and O–H groups in total. The molecule has 140 valence electrons. The number of sulfone groups is 1. The summed E-state index contributed by atoms with van der Waals surface area (Å²) in [5.41, 5.74) is 2.07. The molecule has 2 atom stereocenters. The maximum atomic E-state index is 13.7. The van der Waals surface area contributed by atoms with Gasteiger partial charge in [-0.05, 0) is 35.4 Å². The van der Waals surface area contributed by atoms with Crippen LogP contribution in [-0.2, 0) is 16.3 Å². The minimum absolute atomic E-state index is 0.0920. The van der Waals surface area contributed by atoms with E-state index >= 15 is 0 Å². The van der Waals surface area contributed by atoms with Crippen LogP contribution in [0.5, 0.6) is 0 Å². The largest absolute Gasteiger partial charge is 0.374 e. The van der Waals surface area contributed by atoms with Crippen molar-refractivity contribution in [3.8, 4) is 6.07 Å². The molecule has 3 aromatic carbocycles. The van der Waals surface area contributed by atoms with E-state index in [-0.39, 0.29) is 11.3 Å². The first-order valence-corrected chi connectivity index (χ1v) is 11.1. The van der Waals surface area contributed by atoms with Crippen LogP contribution in [0.4, 0.5) is 5.69 Å². The topological polar surface area (TPSA) is 70.0 Å². The Balaban J connectivity index is 1.96. The van der Waals surface area contributed by atoms with E-state index in [4.69, 9.17) is 0 Å². The van der Waals surface area contributed by atoms with Gasteiger partial charge in [0.1, 0.15) is 0 Å². The molecule has 0 bridgehead atoms. The molecule has 6 heteroatoms. The number of rotatable bonds is 3. The van der Waals surface area contributed by atoms with Gasteiger partial charge in [0, 0.05) is 10.9 Å². The zero-order chi connectivity index (χ0) is 19.8. The first-order valence-electron chi connectivity index (χ1n) is 8.79. The molecule has 1 aliphatic heterocycles. The van der Waals surface area contributed by atoms with E-state index < -0.39 is 20.6 Å². The second-order valence-electron chi connectivity index (χ2n) is 6.79. The van der Waals surface area contributed by atoms with E-state index in [2.05, 4.69) is 27.3 Å². The van der Waals surface area contributed by atoms with Crippen molar-refractivity contribution in [1.29, 1.82) is 5.26 Å². The van der Waals surface area contributed by atoms with Gasteiger partial charge in [0.15, 0.2) is 4.75 Å². The minimum atomic E-state index is -3.94. The molecule has 28 heavy (non-hydrogen) atoms. The van der Waals surface area contributed by atoms with Crippen molar-refractivity contribution in [2.24, 2.45) is 0 Å². The van der Waals surface area contributed by atoms with Gasteiger partial charge in [0.05, 0.1) is 22.7 Å². The Morgan fingerprint density at radius 3 is 2.29 bits per heavy atom. The summed E-state index contributed by atoms with van der Waals surface area (Å²) >= 11 is 3.41. The van der Waals surface area contributed by atoms with Crippen molar-refractivity contribution >= 4 is 31.5 Å². The molecular weight excluding hydrogens is 436 g/mol. The van der Waals surface area contributed by atoms with Crippen LogP contribution in [0, 0.1) is 11.3 Å². The van der Waals surface area contributed by atoms with Crippen LogP contribution in [0.2, 0.25) is 0 Å². The van der Waals surface area contributed by atoms with Crippen LogP contribution in [-0.4, -0.2) is 13.2 Å². The van der Waals surface area contributed by atoms with Crippen LogP contribution in [0.3, 0.4) is 0 Å². The molecule has 2 unspecified atom stereocenters. The molecule has 3 aromatic rings. The number of para-hydroxylation sites is 1. The number of nitrogens with one attached hydrogen (secondary N) is 1. The zero-order valence-corrected chi connectivity index (χ0v) is 17.2. The van der Waals surface area contributed by atoms with Gasteiger partial charge in [-0.25, -0.2) is 8.42 Å². The Kier molecular flexibility index (Phi) is 4.74. The average molecular weight is 453 g/mol. The van der Waals surface area contributed by atoms with Crippen molar-refractivity contribution in [3.63, 3.8) is 0 Å². The summed E-state index contributed by atoms with van der Waals surface area (Å²) in [5, 5.41) is 13.6. The number of hydrogen-bond donors (Lipinski definition) is 1. The first-order chi connectivity index (χ1) is 13.5. The molecule has 0 radical (unpaired) electrons. The predicted octanol–water partition coefficient (Wildman–Crippen LogP) is 4.89. The third-order valence-corrected chi connectivity index (χ3v) is 8.02. The summed E-state index contributed by atoms with van der Waals surface area (Å²) in [6.45, 7) is 0. The van der Waals surface area contributed by atoms with Crippen molar-refractivity contribution in [3.05, 3.63) is 94.5 Å². The fourth-order valence-corrected chi connectivity index (χ4v) is 6.02. The number of nitrogens with zero attached hydrogens (tertiary/aromatic N) is 1. The summed E-state index contributed by atoms with van der Waals surface area (Å²) in [6.07, 6.45) is 0.0920. The Bertz CT molecular complexity index is 1160. The predicted molar refractivity (Wildman–Crippen MR) is 113 cm³/mol. The second-order valence-corrected chi connectivity index (χ2v) is 9.88. The molecule has 4 nitrogen and oxygen atoms in total.